The molecule has 10 N–H and O–H groups in total. The second-order valence-electron chi connectivity index (χ2n) is 27.5. The smallest absolute Gasteiger partial charge is 0.279 e. The van der Waals surface area contributed by atoms with Crippen molar-refractivity contribution in [2.24, 2.45) is 5.92 Å². The average Bonchev–Trinajstić information content (AvgIpc) is 0.853. The summed E-state index contributed by atoms with van der Waals surface area (Å²) in [6, 6.07) is -2.65. The monoisotopic (exact) mass is 1480 g/mol. The zero-order valence-corrected chi connectivity index (χ0v) is 63.3. The van der Waals surface area contributed by atoms with Gasteiger partial charge in [-0.1, -0.05) is 64.2 Å². The van der Waals surface area contributed by atoms with E-state index in [1.54, 1.807) is 0 Å². The summed E-state index contributed by atoms with van der Waals surface area (Å²) in [6.45, 7) is 11.5. The number of rotatable bonds is 62. The molecule has 7 atom stereocenters. The Labute approximate surface area is 617 Å². The van der Waals surface area contributed by atoms with Crippen molar-refractivity contribution in [1.82, 2.24) is 53.2 Å². The first-order valence-electron chi connectivity index (χ1n) is 37.5. The van der Waals surface area contributed by atoms with Crippen molar-refractivity contribution < 1.29 is 81.8 Å². The van der Waals surface area contributed by atoms with Crippen LogP contribution in [0, 0.1) is 26.1 Å². The number of unbranched alkanes of at least 4 members (excludes halogenated alkanes) is 13. The molecule has 0 spiro atoms. The van der Waals surface area contributed by atoms with Crippen molar-refractivity contribution >= 4 is 99.4 Å². The summed E-state index contributed by atoms with van der Waals surface area (Å²) >= 11 is 0. The molecule has 0 aliphatic heterocycles. The van der Waals surface area contributed by atoms with Gasteiger partial charge in [0.25, 0.3) is 11.4 Å². The Balaban J connectivity index is 3.60. The quantitative estimate of drug-likeness (QED) is 0.0180. The summed E-state index contributed by atoms with van der Waals surface area (Å²) in [7, 11) is 0. The molecule has 0 aliphatic rings. The van der Waals surface area contributed by atoms with Gasteiger partial charge in [-0.25, -0.2) is 0 Å². The first-order valence-corrected chi connectivity index (χ1v) is 37.5. The number of hydrogen-bond donors (Lipinski definition) is 10. The minimum absolute atomic E-state index is 0.00234. The topological polar surface area (TPSA) is 463 Å². The van der Waals surface area contributed by atoms with E-state index in [0.29, 0.717) is 160 Å². The molecule has 1 aromatic rings. The van der Waals surface area contributed by atoms with Crippen LogP contribution in [0.15, 0.2) is 18.2 Å². The molecule has 1 rings (SSSR count). The van der Waals surface area contributed by atoms with Gasteiger partial charge in [0.15, 0.2) is 5.78 Å². The molecule has 31 heteroatoms. The van der Waals surface area contributed by atoms with Gasteiger partial charge in [-0.3, -0.25) is 73.0 Å². The Hall–Kier alpha value is -8.93. The van der Waals surface area contributed by atoms with Crippen LogP contribution in [-0.2, 0) is 78.3 Å². The molecule has 590 valence electrons. The number of non-ortho nitro benzene ring substituents is 1. The van der Waals surface area contributed by atoms with E-state index in [1.165, 1.54) is 67.5 Å². The van der Waals surface area contributed by atoms with Gasteiger partial charge >= 0.3 is 0 Å². The number of Topliss-reactive ketones (excluding diaryl/α,β-unsaturated/α-hetero) is 5. The van der Waals surface area contributed by atoms with Crippen LogP contribution in [0.4, 0.5) is 11.4 Å². The van der Waals surface area contributed by atoms with Crippen molar-refractivity contribution in [3.8, 4) is 0 Å². The summed E-state index contributed by atoms with van der Waals surface area (Å²) in [5, 5.41) is 50.9. The van der Waals surface area contributed by atoms with Gasteiger partial charge in [0.05, 0.1) is 22.0 Å². The number of amides is 10. The Bertz CT molecular complexity index is 3020. The molecule has 0 saturated heterocycles. The fraction of sp³-hybridized carbons (Fsp3) is 0.716. The third-order valence-corrected chi connectivity index (χ3v) is 17.6. The normalized spacial score (nSPS) is 13.0. The standard InChI is InChI=1S/C74H120N12O19/c1-50(87)30-14-9-19-37-62(79-54(5)91)70(97)76-46-28-24-36-61(83-73(100)65(81-56(7)93)39-21-11-16-32-52(3)89)68(95)48-59(69(96)75-44-26-13-18-34-58-42-43-60(85(102)103)49-67(58)86(104)105)35-23-27-45-78-72(99)64(84-74(101)66(82-57(8)94)40-22-12-17-33-53(4)90)41-25-29-47-77-71(98)63(80-55(6)92)38-20-10-15-31-51(2)88/h42-43,49,59,61-66H,9-41,44-48H2,1-8H3,(H,75,96)(H,76,97)(H,77,98)(H,78,99)(H,79,91)(H,80,92)(H,81,93)(H,82,94)(H,83,100)(H,84,101)/t59-,61+,62+,63+,64+,65+,66+/m1/s1. The molecule has 0 heterocycles. The maximum atomic E-state index is 14.8. The Kier molecular flexibility index (Phi) is 49.8. The van der Waals surface area contributed by atoms with Gasteiger partial charge in [-0.2, -0.15) is 0 Å². The Morgan fingerprint density at radius 1 is 0.324 bits per heavy atom. The van der Waals surface area contributed by atoms with Gasteiger partial charge in [0.1, 0.15) is 53.3 Å². The predicted molar refractivity (Wildman–Crippen MR) is 393 cm³/mol. The molecule has 0 bridgehead atoms. The zero-order chi connectivity index (χ0) is 78.7. The number of carbonyl (C=O) groups excluding carboxylic acids is 15. The molecule has 0 saturated carbocycles. The molecule has 0 aromatic heterocycles. The van der Waals surface area contributed by atoms with Gasteiger partial charge in [-0.15, -0.1) is 0 Å². The van der Waals surface area contributed by atoms with Crippen LogP contribution < -0.4 is 53.2 Å². The van der Waals surface area contributed by atoms with Gasteiger partial charge < -0.3 is 72.3 Å². The fourth-order valence-corrected chi connectivity index (χ4v) is 12.0. The molecular weight excluding hydrogens is 1360 g/mol. The van der Waals surface area contributed by atoms with Crippen LogP contribution in [0.25, 0.3) is 0 Å². The van der Waals surface area contributed by atoms with E-state index in [9.17, 15) is 92.1 Å². The highest BCUT2D eigenvalue weighted by atomic mass is 16.6. The van der Waals surface area contributed by atoms with Crippen LogP contribution >= 0.6 is 0 Å². The summed E-state index contributed by atoms with van der Waals surface area (Å²) in [5.74, 6) is -6.41. The number of nitrogens with zero attached hydrogens (tertiary/aromatic N) is 2. The van der Waals surface area contributed by atoms with Crippen LogP contribution in [0.3, 0.4) is 0 Å². The summed E-state index contributed by atoms with van der Waals surface area (Å²) < 4.78 is 0. The lowest BCUT2D eigenvalue weighted by Gasteiger charge is -2.25. The van der Waals surface area contributed by atoms with Gasteiger partial charge in [0, 0.05) is 104 Å². The molecule has 10 amide bonds. The van der Waals surface area contributed by atoms with Gasteiger partial charge in [0.2, 0.25) is 59.1 Å². The second kappa shape index (κ2) is 55.5. The van der Waals surface area contributed by atoms with E-state index in [0.717, 1.165) is 6.07 Å². The van der Waals surface area contributed by atoms with Crippen LogP contribution in [0.5, 0.6) is 0 Å². The number of nitro groups is 2. The van der Waals surface area contributed by atoms with Crippen molar-refractivity contribution in [2.45, 2.75) is 310 Å². The summed E-state index contributed by atoms with van der Waals surface area (Å²) in [5.41, 5.74) is -0.524. The Morgan fingerprint density at radius 2 is 0.619 bits per heavy atom. The summed E-state index contributed by atoms with van der Waals surface area (Å²) in [4.78, 5) is 215. The predicted octanol–water partition coefficient (Wildman–Crippen LogP) is 6.91. The minimum atomic E-state index is -1.21. The average molecular weight is 1480 g/mol. The van der Waals surface area contributed by atoms with E-state index in [4.69, 9.17) is 0 Å². The number of nitrogens with one attached hydrogen (secondary N) is 10. The third kappa shape index (κ3) is 46.5. The lowest BCUT2D eigenvalue weighted by molar-refractivity contribution is -0.394. The van der Waals surface area contributed by atoms with Crippen molar-refractivity contribution in [1.29, 1.82) is 0 Å². The second-order valence-corrected chi connectivity index (χ2v) is 27.5. The molecule has 0 aliphatic carbocycles. The van der Waals surface area contributed by atoms with Crippen LogP contribution in [0.2, 0.25) is 0 Å². The van der Waals surface area contributed by atoms with Crippen molar-refractivity contribution in [2.75, 3.05) is 26.2 Å². The molecule has 105 heavy (non-hydrogen) atoms. The highest BCUT2D eigenvalue weighted by molar-refractivity contribution is 5.95. The number of hydrogen-bond acceptors (Lipinski definition) is 19. The lowest BCUT2D eigenvalue weighted by atomic mass is 9.90. The molecule has 0 radical (unpaired) electrons. The zero-order valence-electron chi connectivity index (χ0n) is 63.3. The number of aryl methyl sites for hydroxylation is 1. The van der Waals surface area contributed by atoms with E-state index < -0.39 is 128 Å². The molecule has 31 nitrogen and oxygen atoms in total. The SMILES string of the molecule is CC(=O)CCCCC[C@H](NC(C)=O)C(=O)NCCCC[C@H](NC(=O)[C@H](CCCCCC(C)=O)NC(C)=O)C(=O)C[C@@H](CCCCNC(=O)[C@H](CCCCNC(=O)[C@H](CCCCCC(C)=O)NC(C)=O)NC(=O)[C@H](CCCCCC(C)=O)NC(C)=O)C(=O)NCCCCCc1ccc([N+](=O)[O-])cc1[N+](=O)[O-]. The van der Waals surface area contributed by atoms with Crippen LogP contribution in [0.1, 0.15) is 273 Å². The highest BCUT2D eigenvalue weighted by Gasteiger charge is 2.32. The van der Waals surface area contributed by atoms with Crippen molar-refractivity contribution in [3.05, 3.63) is 44.0 Å². The number of carbonyl (C=O) groups is 15. The lowest BCUT2D eigenvalue weighted by Crippen LogP contribution is -2.53. The number of ketones is 5. The van der Waals surface area contributed by atoms with Gasteiger partial charge in [-0.05, 0) is 156 Å². The fourth-order valence-electron chi connectivity index (χ4n) is 12.0. The molecule has 0 unspecified atom stereocenters. The van der Waals surface area contributed by atoms with Crippen LogP contribution in [-0.4, -0.2) is 160 Å². The van der Waals surface area contributed by atoms with E-state index in [1.807, 2.05) is 0 Å². The first-order chi connectivity index (χ1) is 49.8. The molecule has 1 aromatic carbocycles. The van der Waals surface area contributed by atoms with E-state index in [2.05, 4.69) is 53.2 Å². The third-order valence-electron chi connectivity index (χ3n) is 17.6. The minimum Gasteiger partial charge on any atom is -0.356 e. The Morgan fingerprint density at radius 3 is 0.962 bits per heavy atom. The van der Waals surface area contributed by atoms with Crippen molar-refractivity contribution in [3.63, 3.8) is 0 Å². The van der Waals surface area contributed by atoms with E-state index in [-0.39, 0.29) is 114 Å². The highest BCUT2D eigenvalue weighted by Crippen LogP contribution is 2.27. The maximum absolute atomic E-state index is 14.8. The molecule has 0 fully saturated rings. The number of benzene rings is 1. The maximum Gasteiger partial charge on any atom is 0.279 e. The first kappa shape index (κ1) is 94.1. The molecular formula is C74H120N12O19. The number of nitro benzene ring substituents is 2. The largest absolute Gasteiger partial charge is 0.356 e. The van der Waals surface area contributed by atoms with E-state index >= 15 is 0 Å². The summed E-state index contributed by atoms with van der Waals surface area (Å²) in [6.07, 6.45) is 12.7.